The number of rotatable bonds is 6. The highest BCUT2D eigenvalue weighted by molar-refractivity contribution is 5.92. The topological polar surface area (TPSA) is 73.7 Å². The van der Waals surface area contributed by atoms with Crippen LogP contribution in [0.15, 0.2) is 60.8 Å². The number of likely N-dealkylation sites (tertiary alicyclic amines) is 1. The van der Waals surface area contributed by atoms with Crippen molar-refractivity contribution in [3.05, 3.63) is 88.7 Å². The zero-order valence-corrected chi connectivity index (χ0v) is 18.1. The van der Waals surface area contributed by atoms with E-state index in [2.05, 4.69) is 47.4 Å². The standard InChI is InChI=1S/C27H28N2O3/c30-16-18-9-11-28-26(13-18)27(32)29-12-10-21(15-29)23-8-7-20(14-22(23)17-31)25-4-2-1-3-24(25)19-5-6-19/h1-4,7-9,11,13-14,19,21,30-31H,5-6,10,12,15-17H2. The first kappa shape index (κ1) is 20.9. The van der Waals surface area contributed by atoms with Crippen molar-refractivity contribution >= 4 is 5.91 Å². The van der Waals surface area contributed by atoms with Crippen LogP contribution in [0, 0.1) is 0 Å². The average molecular weight is 429 g/mol. The number of pyridine rings is 1. The van der Waals surface area contributed by atoms with Gasteiger partial charge in [0.05, 0.1) is 13.2 Å². The summed E-state index contributed by atoms with van der Waals surface area (Å²) >= 11 is 0. The minimum absolute atomic E-state index is 0.0146. The van der Waals surface area contributed by atoms with Crippen LogP contribution in [0.2, 0.25) is 0 Å². The van der Waals surface area contributed by atoms with Gasteiger partial charge in [0.15, 0.2) is 0 Å². The van der Waals surface area contributed by atoms with Crippen LogP contribution in [-0.2, 0) is 13.2 Å². The minimum atomic E-state index is -0.110. The van der Waals surface area contributed by atoms with Crippen LogP contribution in [0.5, 0.6) is 0 Å². The van der Waals surface area contributed by atoms with Crippen molar-refractivity contribution < 1.29 is 15.0 Å². The van der Waals surface area contributed by atoms with E-state index in [0.29, 0.717) is 30.3 Å². The third kappa shape index (κ3) is 4.06. The zero-order valence-electron chi connectivity index (χ0n) is 18.1. The molecule has 1 amide bonds. The molecule has 0 spiro atoms. The summed E-state index contributed by atoms with van der Waals surface area (Å²) in [6.45, 7) is 1.14. The van der Waals surface area contributed by atoms with Crippen molar-refractivity contribution in [2.24, 2.45) is 0 Å². The van der Waals surface area contributed by atoms with E-state index in [-0.39, 0.29) is 25.0 Å². The lowest BCUT2D eigenvalue weighted by molar-refractivity contribution is 0.0784. The molecule has 1 atom stereocenters. The van der Waals surface area contributed by atoms with Gasteiger partial charge < -0.3 is 15.1 Å². The number of aromatic nitrogens is 1. The molecule has 5 rings (SSSR count). The van der Waals surface area contributed by atoms with Gasteiger partial charge in [-0.3, -0.25) is 9.78 Å². The first-order valence-electron chi connectivity index (χ1n) is 11.4. The normalized spacial score (nSPS) is 18.2. The third-order valence-corrected chi connectivity index (χ3v) is 6.74. The maximum Gasteiger partial charge on any atom is 0.272 e. The van der Waals surface area contributed by atoms with Crippen molar-refractivity contribution in [1.29, 1.82) is 0 Å². The predicted molar refractivity (Wildman–Crippen MR) is 123 cm³/mol. The van der Waals surface area contributed by atoms with E-state index in [0.717, 1.165) is 23.1 Å². The maximum atomic E-state index is 12.9. The van der Waals surface area contributed by atoms with Crippen LogP contribution in [0.1, 0.15) is 63.8 Å². The lowest BCUT2D eigenvalue weighted by atomic mass is 9.89. The third-order valence-electron chi connectivity index (χ3n) is 6.74. The van der Waals surface area contributed by atoms with Crippen molar-refractivity contribution in [2.75, 3.05) is 13.1 Å². The van der Waals surface area contributed by atoms with E-state index in [1.54, 1.807) is 18.3 Å². The second-order valence-corrected chi connectivity index (χ2v) is 8.88. The van der Waals surface area contributed by atoms with Gasteiger partial charge in [-0.2, -0.15) is 0 Å². The van der Waals surface area contributed by atoms with E-state index >= 15 is 0 Å². The molecule has 2 aliphatic rings. The Balaban J connectivity index is 1.37. The molecule has 1 saturated heterocycles. The molecule has 1 aromatic heterocycles. The number of carbonyl (C=O) groups excluding carboxylic acids is 1. The molecule has 0 bridgehead atoms. The molecule has 3 aromatic rings. The molecule has 5 heteroatoms. The molecule has 1 aliphatic heterocycles. The monoisotopic (exact) mass is 428 g/mol. The van der Waals surface area contributed by atoms with Gasteiger partial charge in [0.25, 0.3) is 5.91 Å². The Morgan fingerprint density at radius 1 is 0.938 bits per heavy atom. The maximum absolute atomic E-state index is 12.9. The molecule has 1 unspecified atom stereocenters. The fraction of sp³-hybridized carbons (Fsp3) is 0.333. The number of amides is 1. The largest absolute Gasteiger partial charge is 0.392 e. The number of hydrogen-bond acceptors (Lipinski definition) is 4. The van der Waals surface area contributed by atoms with E-state index < -0.39 is 0 Å². The van der Waals surface area contributed by atoms with E-state index in [9.17, 15) is 15.0 Å². The van der Waals surface area contributed by atoms with Crippen LogP contribution in [0.4, 0.5) is 0 Å². The van der Waals surface area contributed by atoms with Gasteiger partial charge in [0.1, 0.15) is 5.69 Å². The van der Waals surface area contributed by atoms with Gasteiger partial charge in [-0.05, 0) is 76.8 Å². The van der Waals surface area contributed by atoms with Crippen LogP contribution in [-0.4, -0.2) is 39.1 Å². The van der Waals surface area contributed by atoms with E-state index in [1.165, 1.54) is 24.0 Å². The Labute approximate surface area is 188 Å². The van der Waals surface area contributed by atoms with Crippen molar-refractivity contribution in [2.45, 2.75) is 44.3 Å². The predicted octanol–water partition coefficient (Wildman–Crippen LogP) is 4.24. The Morgan fingerprint density at radius 3 is 2.56 bits per heavy atom. The molecule has 164 valence electrons. The van der Waals surface area contributed by atoms with Crippen LogP contribution >= 0.6 is 0 Å². The van der Waals surface area contributed by atoms with Crippen molar-refractivity contribution in [3.63, 3.8) is 0 Å². The van der Waals surface area contributed by atoms with Crippen molar-refractivity contribution in [1.82, 2.24) is 9.88 Å². The molecular formula is C27H28N2O3. The highest BCUT2D eigenvalue weighted by atomic mass is 16.3. The molecule has 2 aromatic carbocycles. The zero-order chi connectivity index (χ0) is 22.1. The first-order valence-corrected chi connectivity index (χ1v) is 11.4. The number of benzene rings is 2. The highest BCUT2D eigenvalue weighted by Gasteiger charge is 2.30. The summed E-state index contributed by atoms with van der Waals surface area (Å²) in [5, 5.41) is 19.5. The molecule has 32 heavy (non-hydrogen) atoms. The first-order chi connectivity index (χ1) is 15.7. The van der Waals surface area contributed by atoms with Crippen LogP contribution in [0.3, 0.4) is 0 Å². The number of hydrogen-bond donors (Lipinski definition) is 2. The Kier molecular flexibility index (Phi) is 5.77. The fourth-order valence-corrected chi connectivity index (χ4v) is 4.87. The molecular weight excluding hydrogens is 400 g/mol. The van der Waals surface area contributed by atoms with Gasteiger partial charge >= 0.3 is 0 Å². The van der Waals surface area contributed by atoms with Crippen LogP contribution in [0.25, 0.3) is 11.1 Å². The molecule has 2 heterocycles. The quantitative estimate of drug-likeness (QED) is 0.616. The smallest absolute Gasteiger partial charge is 0.272 e. The second-order valence-electron chi connectivity index (χ2n) is 8.88. The van der Waals surface area contributed by atoms with Gasteiger partial charge in [0.2, 0.25) is 0 Å². The molecule has 2 fully saturated rings. The Morgan fingerprint density at radius 2 is 1.78 bits per heavy atom. The SMILES string of the molecule is O=C(c1cc(CO)ccn1)N1CCC(c2ccc(-c3ccccc3C3CC3)cc2CO)C1. The second kappa shape index (κ2) is 8.85. The summed E-state index contributed by atoms with van der Waals surface area (Å²) in [5.41, 5.74) is 6.92. The number of nitrogens with zero attached hydrogens (tertiary/aromatic N) is 2. The number of carbonyl (C=O) groups is 1. The molecule has 1 saturated carbocycles. The van der Waals surface area contributed by atoms with Gasteiger partial charge in [-0.1, -0.05) is 36.4 Å². The molecule has 2 N–H and O–H groups in total. The summed E-state index contributed by atoms with van der Waals surface area (Å²) in [4.78, 5) is 18.9. The Bertz CT molecular complexity index is 1140. The Hall–Kier alpha value is -3.02. The number of aliphatic hydroxyl groups excluding tert-OH is 2. The molecule has 0 radical (unpaired) electrons. The highest BCUT2D eigenvalue weighted by Crippen LogP contribution is 2.44. The summed E-state index contributed by atoms with van der Waals surface area (Å²) in [6.07, 6.45) is 4.93. The van der Waals surface area contributed by atoms with E-state index in [4.69, 9.17) is 0 Å². The number of aliphatic hydroxyl groups is 2. The molecule has 5 nitrogen and oxygen atoms in total. The van der Waals surface area contributed by atoms with Crippen molar-refractivity contribution in [3.8, 4) is 11.1 Å². The summed E-state index contributed by atoms with van der Waals surface area (Å²) in [7, 11) is 0. The van der Waals surface area contributed by atoms with Gasteiger partial charge in [-0.15, -0.1) is 0 Å². The lowest BCUT2D eigenvalue weighted by Gasteiger charge is -2.19. The summed E-state index contributed by atoms with van der Waals surface area (Å²) < 4.78 is 0. The van der Waals surface area contributed by atoms with E-state index in [1.807, 2.05) is 4.90 Å². The average Bonchev–Trinajstić information content (AvgIpc) is 3.59. The van der Waals surface area contributed by atoms with Crippen LogP contribution < -0.4 is 0 Å². The minimum Gasteiger partial charge on any atom is -0.392 e. The fourth-order valence-electron chi connectivity index (χ4n) is 4.87. The van der Waals surface area contributed by atoms with Gasteiger partial charge in [0, 0.05) is 25.2 Å². The molecule has 1 aliphatic carbocycles. The summed E-state index contributed by atoms with van der Waals surface area (Å²) in [5.74, 6) is 0.744. The van der Waals surface area contributed by atoms with Gasteiger partial charge in [-0.25, -0.2) is 0 Å². The summed E-state index contributed by atoms with van der Waals surface area (Å²) in [6, 6.07) is 18.4. The lowest BCUT2D eigenvalue weighted by Crippen LogP contribution is -2.29.